The summed E-state index contributed by atoms with van der Waals surface area (Å²) in [6, 6.07) is 11.4. The number of rotatable bonds is 7. The first-order chi connectivity index (χ1) is 13.5. The van der Waals surface area contributed by atoms with Crippen LogP contribution in [-0.2, 0) is 16.1 Å². The highest BCUT2D eigenvalue weighted by atomic mass is 35.5. The number of methoxy groups -OCH3 is 1. The Labute approximate surface area is 172 Å². The largest absolute Gasteiger partial charge is 0.464 e. The Balaban J connectivity index is 1.73. The maximum atomic E-state index is 12.7. The van der Waals surface area contributed by atoms with Crippen molar-refractivity contribution in [3.63, 3.8) is 0 Å². The maximum absolute atomic E-state index is 12.7. The highest BCUT2D eigenvalue weighted by Crippen LogP contribution is 2.26. The SMILES string of the molecule is COC(=O)c1nc(NC(=O)C[C@@H](Cn2cccc2)c2ccc(Cl)cc2)sc1C. The predicted octanol–water partition coefficient (Wildman–Crippen LogP) is 4.51. The van der Waals surface area contributed by atoms with Gasteiger partial charge >= 0.3 is 5.97 Å². The number of amides is 1. The molecule has 1 N–H and O–H groups in total. The van der Waals surface area contributed by atoms with Crippen LogP contribution in [0.1, 0.15) is 33.3 Å². The molecule has 0 saturated carbocycles. The summed E-state index contributed by atoms with van der Waals surface area (Å²) in [4.78, 5) is 29.2. The predicted molar refractivity (Wildman–Crippen MR) is 110 cm³/mol. The molecular formula is C20H20ClN3O3S. The Morgan fingerprint density at radius 3 is 2.57 bits per heavy atom. The molecule has 146 valence electrons. The van der Waals surface area contributed by atoms with Crippen molar-refractivity contribution in [3.05, 3.63) is 69.9 Å². The summed E-state index contributed by atoms with van der Waals surface area (Å²) in [5, 5.41) is 3.84. The van der Waals surface area contributed by atoms with Crippen molar-refractivity contribution in [3.8, 4) is 0 Å². The lowest BCUT2D eigenvalue weighted by Crippen LogP contribution is -2.18. The number of nitrogens with one attached hydrogen (secondary N) is 1. The van der Waals surface area contributed by atoms with Gasteiger partial charge in [-0.05, 0) is 36.8 Å². The van der Waals surface area contributed by atoms with E-state index in [1.165, 1.54) is 18.4 Å². The van der Waals surface area contributed by atoms with E-state index in [0.717, 1.165) is 5.56 Å². The zero-order valence-electron chi connectivity index (χ0n) is 15.5. The fourth-order valence-electron chi connectivity index (χ4n) is 2.90. The number of hydrogen-bond acceptors (Lipinski definition) is 5. The molecule has 6 nitrogen and oxygen atoms in total. The van der Waals surface area contributed by atoms with Gasteiger partial charge in [-0.2, -0.15) is 0 Å². The van der Waals surface area contributed by atoms with E-state index >= 15 is 0 Å². The molecule has 28 heavy (non-hydrogen) atoms. The second-order valence-corrected chi connectivity index (χ2v) is 7.94. The third kappa shape index (κ3) is 4.99. The maximum Gasteiger partial charge on any atom is 0.357 e. The van der Waals surface area contributed by atoms with E-state index in [1.807, 2.05) is 53.4 Å². The fraction of sp³-hybridized carbons (Fsp3) is 0.250. The molecule has 0 unspecified atom stereocenters. The Morgan fingerprint density at radius 1 is 1.25 bits per heavy atom. The zero-order valence-corrected chi connectivity index (χ0v) is 17.1. The number of anilines is 1. The van der Waals surface area contributed by atoms with E-state index in [4.69, 9.17) is 16.3 Å². The second kappa shape index (κ2) is 9.03. The molecule has 0 saturated heterocycles. The topological polar surface area (TPSA) is 73.2 Å². The summed E-state index contributed by atoms with van der Waals surface area (Å²) in [5.74, 6) is -0.719. The number of halogens is 1. The van der Waals surface area contributed by atoms with Crippen molar-refractivity contribution in [1.29, 1.82) is 0 Å². The lowest BCUT2D eigenvalue weighted by Gasteiger charge is -2.18. The van der Waals surface area contributed by atoms with E-state index in [-0.39, 0.29) is 23.9 Å². The summed E-state index contributed by atoms with van der Waals surface area (Å²) in [5.41, 5.74) is 1.25. The van der Waals surface area contributed by atoms with Gasteiger partial charge in [0.2, 0.25) is 5.91 Å². The monoisotopic (exact) mass is 417 g/mol. The van der Waals surface area contributed by atoms with E-state index in [2.05, 4.69) is 10.3 Å². The number of hydrogen-bond donors (Lipinski definition) is 1. The van der Waals surface area contributed by atoms with Crippen LogP contribution < -0.4 is 5.32 Å². The Kier molecular flexibility index (Phi) is 6.49. The number of benzene rings is 1. The average molecular weight is 418 g/mol. The molecule has 8 heteroatoms. The number of thiazole rings is 1. The van der Waals surface area contributed by atoms with Crippen LogP contribution in [0.25, 0.3) is 0 Å². The highest BCUT2D eigenvalue weighted by Gasteiger charge is 2.20. The van der Waals surface area contributed by atoms with Gasteiger partial charge in [0.1, 0.15) is 0 Å². The minimum atomic E-state index is -0.513. The normalized spacial score (nSPS) is 11.8. The minimum Gasteiger partial charge on any atom is -0.464 e. The Bertz CT molecular complexity index is 952. The molecule has 1 atom stereocenters. The molecule has 0 radical (unpaired) electrons. The number of carbonyl (C=O) groups excluding carboxylic acids is 2. The van der Waals surface area contributed by atoms with E-state index in [0.29, 0.717) is 21.6 Å². The van der Waals surface area contributed by atoms with Crippen LogP contribution in [0, 0.1) is 6.92 Å². The Hall–Kier alpha value is -2.64. The van der Waals surface area contributed by atoms with Gasteiger partial charge in [-0.15, -0.1) is 11.3 Å². The van der Waals surface area contributed by atoms with Crippen LogP contribution in [0.3, 0.4) is 0 Å². The first kappa shape index (κ1) is 20.1. The summed E-state index contributed by atoms with van der Waals surface area (Å²) in [7, 11) is 1.30. The van der Waals surface area contributed by atoms with Crippen LogP contribution in [0.5, 0.6) is 0 Å². The van der Waals surface area contributed by atoms with E-state index in [9.17, 15) is 9.59 Å². The highest BCUT2D eigenvalue weighted by molar-refractivity contribution is 7.16. The van der Waals surface area contributed by atoms with Crippen molar-refractivity contribution in [2.24, 2.45) is 0 Å². The van der Waals surface area contributed by atoms with Crippen LogP contribution >= 0.6 is 22.9 Å². The van der Waals surface area contributed by atoms with Crippen LogP contribution in [0.2, 0.25) is 5.02 Å². The molecule has 0 aliphatic rings. The van der Waals surface area contributed by atoms with Crippen molar-refractivity contribution < 1.29 is 14.3 Å². The molecule has 0 aliphatic carbocycles. The number of ether oxygens (including phenoxy) is 1. The first-order valence-corrected chi connectivity index (χ1v) is 9.87. The summed E-state index contributed by atoms with van der Waals surface area (Å²) < 4.78 is 6.74. The number of esters is 1. The number of aromatic nitrogens is 2. The van der Waals surface area contributed by atoms with Crippen LogP contribution in [0.4, 0.5) is 5.13 Å². The smallest absolute Gasteiger partial charge is 0.357 e. The van der Waals surface area contributed by atoms with E-state index in [1.54, 1.807) is 6.92 Å². The number of aryl methyl sites for hydroxylation is 1. The quantitative estimate of drug-likeness (QED) is 0.574. The molecule has 3 rings (SSSR count). The third-order valence-corrected chi connectivity index (χ3v) is 5.43. The van der Waals surface area contributed by atoms with Gasteiger partial charge in [0, 0.05) is 41.2 Å². The standard InChI is InChI=1S/C20H20ClN3O3S/c1-13-18(19(26)27-2)23-20(28-13)22-17(25)11-15(12-24-9-3-4-10-24)14-5-7-16(21)8-6-14/h3-10,15H,11-12H2,1-2H3,(H,22,23,25)/t15-/m0/s1. The van der Waals surface area contributed by atoms with Gasteiger partial charge < -0.3 is 14.6 Å². The summed E-state index contributed by atoms with van der Waals surface area (Å²) >= 11 is 7.25. The molecule has 0 fully saturated rings. The van der Waals surface area contributed by atoms with E-state index < -0.39 is 5.97 Å². The van der Waals surface area contributed by atoms with Crippen LogP contribution in [-0.4, -0.2) is 28.5 Å². The molecule has 0 spiro atoms. The number of nitrogens with zero attached hydrogens (tertiary/aromatic N) is 2. The number of carbonyl (C=O) groups is 2. The lowest BCUT2D eigenvalue weighted by atomic mass is 9.95. The zero-order chi connectivity index (χ0) is 20.1. The third-order valence-electron chi connectivity index (χ3n) is 4.29. The van der Waals surface area contributed by atoms with Gasteiger partial charge in [-0.1, -0.05) is 23.7 Å². The van der Waals surface area contributed by atoms with Gasteiger partial charge in [0.25, 0.3) is 0 Å². The molecule has 3 aromatic rings. The van der Waals surface area contributed by atoms with Gasteiger partial charge in [-0.3, -0.25) is 4.79 Å². The van der Waals surface area contributed by atoms with Gasteiger partial charge in [0.15, 0.2) is 10.8 Å². The lowest BCUT2D eigenvalue weighted by molar-refractivity contribution is -0.116. The second-order valence-electron chi connectivity index (χ2n) is 6.30. The first-order valence-electron chi connectivity index (χ1n) is 8.68. The van der Waals surface area contributed by atoms with Crippen LogP contribution in [0.15, 0.2) is 48.8 Å². The van der Waals surface area contributed by atoms with Crippen molar-refractivity contribution in [1.82, 2.24) is 9.55 Å². The molecule has 0 aliphatic heterocycles. The molecule has 0 bridgehead atoms. The fourth-order valence-corrected chi connectivity index (χ4v) is 3.84. The summed E-state index contributed by atoms with van der Waals surface area (Å²) in [6.45, 7) is 2.43. The molecular weight excluding hydrogens is 398 g/mol. The Morgan fingerprint density at radius 2 is 1.93 bits per heavy atom. The van der Waals surface area contributed by atoms with Gasteiger partial charge in [-0.25, -0.2) is 9.78 Å². The molecule has 2 heterocycles. The van der Waals surface area contributed by atoms with Crippen molar-refractivity contribution in [2.45, 2.75) is 25.8 Å². The van der Waals surface area contributed by atoms with Crippen molar-refractivity contribution in [2.75, 3.05) is 12.4 Å². The molecule has 2 aromatic heterocycles. The van der Waals surface area contributed by atoms with Crippen molar-refractivity contribution >= 4 is 39.9 Å². The van der Waals surface area contributed by atoms with Gasteiger partial charge in [0.05, 0.1) is 7.11 Å². The molecule has 1 amide bonds. The molecule has 1 aromatic carbocycles. The summed E-state index contributed by atoms with van der Waals surface area (Å²) in [6.07, 6.45) is 4.20. The average Bonchev–Trinajstić information content (AvgIpc) is 3.30. The minimum absolute atomic E-state index is 0.0363.